The molecule has 0 amide bonds. The van der Waals surface area contributed by atoms with Crippen molar-refractivity contribution in [2.45, 2.75) is 89.9 Å². The standard InChI is InChI=1S/C25H41N/c26-24-20-15-13-11-9-7-5-3-1-2-4-6-8-10-12-14-17-21-25-22-18-16-19-23-25/h1,3,16-19,21-23H,2,4-15,20,24,26H2/b3-1-,21-17?. The molecule has 0 atom stereocenters. The molecule has 0 unspecified atom stereocenters. The van der Waals surface area contributed by atoms with Crippen LogP contribution in [0.4, 0.5) is 0 Å². The Morgan fingerprint density at radius 2 is 1.00 bits per heavy atom. The van der Waals surface area contributed by atoms with Crippen LogP contribution in [0, 0.1) is 0 Å². The van der Waals surface area contributed by atoms with Gasteiger partial charge in [-0.15, -0.1) is 0 Å². The van der Waals surface area contributed by atoms with Crippen molar-refractivity contribution in [3.8, 4) is 0 Å². The molecule has 0 radical (unpaired) electrons. The monoisotopic (exact) mass is 355 g/mol. The summed E-state index contributed by atoms with van der Waals surface area (Å²) in [6.45, 7) is 0.855. The first-order valence-electron chi connectivity index (χ1n) is 11.0. The van der Waals surface area contributed by atoms with Crippen molar-refractivity contribution in [2.24, 2.45) is 5.73 Å². The molecule has 0 aliphatic rings. The summed E-state index contributed by atoms with van der Waals surface area (Å²) in [6.07, 6.45) is 27.9. The van der Waals surface area contributed by atoms with E-state index >= 15 is 0 Å². The molecule has 1 aromatic carbocycles. The van der Waals surface area contributed by atoms with E-state index in [-0.39, 0.29) is 0 Å². The highest BCUT2D eigenvalue weighted by molar-refractivity contribution is 5.48. The van der Waals surface area contributed by atoms with Gasteiger partial charge in [0.25, 0.3) is 0 Å². The van der Waals surface area contributed by atoms with Crippen LogP contribution in [0.15, 0.2) is 48.6 Å². The van der Waals surface area contributed by atoms with Crippen molar-refractivity contribution < 1.29 is 0 Å². The van der Waals surface area contributed by atoms with Crippen LogP contribution in [0.25, 0.3) is 6.08 Å². The second kappa shape index (κ2) is 18.5. The first-order valence-corrected chi connectivity index (χ1v) is 11.0. The van der Waals surface area contributed by atoms with E-state index in [1.807, 2.05) is 0 Å². The van der Waals surface area contributed by atoms with E-state index in [0.29, 0.717) is 0 Å². The zero-order valence-electron chi connectivity index (χ0n) is 16.9. The lowest BCUT2D eigenvalue weighted by Gasteiger charge is -1.99. The molecule has 1 aromatic rings. The van der Waals surface area contributed by atoms with Crippen LogP contribution in [0.2, 0.25) is 0 Å². The Hall–Kier alpha value is -1.34. The van der Waals surface area contributed by atoms with Gasteiger partial charge < -0.3 is 5.73 Å². The molecule has 26 heavy (non-hydrogen) atoms. The molecular weight excluding hydrogens is 314 g/mol. The van der Waals surface area contributed by atoms with E-state index in [1.165, 1.54) is 95.5 Å². The van der Waals surface area contributed by atoms with Crippen molar-refractivity contribution >= 4 is 6.08 Å². The van der Waals surface area contributed by atoms with Crippen LogP contribution in [0.1, 0.15) is 95.5 Å². The summed E-state index contributed by atoms with van der Waals surface area (Å²) >= 11 is 0. The summed E-state index contributed by atoms with van der Waals surface area (Å²) in [4.78, 5) is 0. The average Bonchev–Trinajstić information content (AvgIpc) is 2.68. The third-order valence-electron chi connectivity index (χ3n) is 4.84. The fraction of sp³-hybridized carbons (Fsp3) is 0.600. The summed E-state index contributed by atoms with van der Waals surface area (Å²) in [6, 6.07) is 10.6. The number of rotatable bonds is 17. The SMILES string of the molecule is NCCCCCCCC/C=C\CCCCCCCC=Cc1ccccc1. The smallest absolute Gasteiger partial charge is 0.00773 e. The van der Waals surface area contributed by atoms with Gasteiger partial charge in [-0.05, 0) is 57.1 Å². The zero-order valence-corrected chi connectivity index (χ0v) is 16.9. The van der Waals surface area contributed by atoms with Crippen molar-refractivity contribution in [3.63, 3.8) is 0 Å². The van der Waals surface area contributed by atoms with Gasteiger partial charge in [0.05, 0.1) is 0 Å². The minimum absolute atomic E-state index is 0.855. The lowest BCUT2D eigenvalue weighted by molar-refractivity contribution is 0.599. The van der Waals surface area contributed by atoms with Crippen molar-refractivity contribution in [1.82, 2.24) is 0 Å². The van der Waals surface area contributed by atoms with Crippen LogP contribution < -0.4 is 5.73 Å². The molecular formula is C25H41N. The minimum atomic E-state index is 0.855. The summed E-state index contributed by atoms with van der Waals surface area (Å²) < 4.78 is 0. The Bertz CT molecular complexity index is 446. The molecule has 0 spiro atoms. The number of hydrogen-bond donors (Lipinski definition) is 1. The highest BCUT2D eigenvalue weighted by Gasteiger charge is 1.91. The third kappa shape index (κ3) is 15.0. The second-order valence-corrected chi connectivity index (χ2v) is 7.33. The van der Waals surface area contributed by atoms with Gasteiger partial charge in [0.2, 0.25) is 0 Å². The molecule has 0 aliphatic carbocycles. The van der Waals surface area contributed by atoms with Gasteiger partial charge in [-0.1, -0.05) is 99.6 Å². The molecule has 0 aliphatic heterocycles. The van der Waals surface area contributed by atoms with Gasteiger partial charge >= 0.3 is 0 Å². The van der Waals surface area contributed by atoms with Gasteiger partial charge in [-0.2, -0.15) is 0 Å². The summed E-state index contributed by atoms with van der Waals surface area (Å²) in [5, 5.41) is 0. The van der Waals surface area contributed by atoms with Gasteiger partial charge in [0.15, 0.2) is 0 Å². The molecule has 1 nitrogen and oxygen atoms in total. The topological polar surface area (TPSA) is 26.0 Å². The normalized spacial score (nSPS) is 11.7. The number of benzene rings is 1. The quantitative estimate of drug-likeness (QED) is 0.225. The molecule has 0 aromatic heterocycles. The second-order valence-electron chi connectivity index (χ2n) is 7.33. The molecule has 0 bridgehead atoms. The summed E-state index contributed by atoms with van der Waals surface area (Å²) in [5.74, 6) is 0. The maximum atomic E-state index is 5.50. The van der Waals surface area contributed by atoms with Crippen LogP contribution in [-0.2, 0) is 0 Å². The molecule has 1 rings (SSSR count). The first-order chi connectivity index (χ1) is 12.9. The molecule has 1 heteroatoms. The van der Waals surface area contributed by atoms with Gasteiger partial charge in [-0.3, -0.25) is 0 Å². The number of nitrogens with two attached hydrogens (primary N) is 1. The molecule has 0 saturated heterocycles. The number of unbranched alkanes of at least 4 members (excludes halogenated alkanes) is 12. The molecule has 146 valence electrons. The Kier molecular flexibility index (Phi) is 16.1. The van der Waals surface area contributed by atoms with Crippen LogP contribution in [0.3, 0.4) is 0 Å². The van der Waals surface area contributed by atoms with E-state index in [9.17, 15) is 0 Å². The Morgan fingerprint density at radius 3 is 1.54 bits per heavy atom. The van der Waals surface area contributed by atoms with Crippen LogP contribution in [-0.4, -0.2) is 6.54 Å². The fourth-order valence-corrected chi connectivity index (χ4v) is 3.19. The van der Waals surface area contributed by atoms with E-state index in [2.05, 4.69) is 54.6 Å². The average molecular weight is 356 g/mol. The highest BCUT2D eigenvalue weighted by Crippen LogP contribution is 2.10. The van der Waals surface area contributed by atoms with Crippen LogP contribution >= 0.6 is 0 Å². The summed E-state index contributed by atoms with van der Waals surface area (Å²) in [5.41, 5.74) is 6.81. The van der Waals surface area contributed by atoms with E-state index in [4.69, 9.17) is 5.73 Å². The highest BCUT2D eigenvalue weighted by atomic mass is 14.5. The Labute approximate surface area is 162 Å². The zero-order chi connectivity index (χ0) is 18.5. The molecule has 2 N–H and O–H groups in total. The van der Waals surface area contributed by atoms with Gasteiger partial charge in [0.1, 0.15) is 0 Å². The minimum Gasteiger partial charge on any atom is -0.330 e. The molecule has 0 fully saturated rings. The van der Waals surface area contributed by atoms with Gasteiger partial charge in [0, 0.05) is 0 Å². The Morgan fingerprint density at radius 1 is 0.538 bits per heavy atom. The van der Waals surface area contributed by atoms with Crippen molar-refractivity contribution in [1.29, 1.82) is 0 Å². The molecule has 0 saturated carbocycles. The predicted molar refractivity (Wildman–Crippen MR) is 118 cm³/mol. The number of allylic oxidation sites excluding steroid dienone is 3. The molecule has 0 heterocycles. The summed E-state index contributed by atoms with van der Waals surface area (Å²) in [7, 11) is 0. The number of hydrogen-bond acceptors (Lipinski definition) is 1. The van der Waals surface area contributed by atoms with Crippen molar-refractivity contribution in [2.75, 3.05) is 6.54 Å². The van der Waals surface area contributed by atoms with E-state index in [1.54, 1.807) is 0 Å². The predicted octanol–water partition coefficient (Wildman–Crippen LogP) is 7.68. The third-order valence-corrected chi connectivity index (χ3v) is 4.84. The van der Waals surface area contributed by atoms with Crippen LogP contribution in [0.5, 0.6) is 0 Å². The largest absolute Gasteiger partial charge is 0.330 e. The van der Waals surface area contributed by atoms with Crippen molar-refractivity contribution in [3.05, 3.63) is 54.1 Å². The lowest BCUT2D eigenvalue weighted by Crippen LogP contribution is -1.97. The first kappa shape index (κ1) is 22.7. The maximum Gasteiger partial charge on any atom is -0.00773 e. The maximum absolute atomic E-state index is 5.50. The lowest BCUT2D eigenvalue weighted by atomic mass is 10.1. The fourth-order valence-electron chi connectivity index (χ4n) is 3.19. The van der Waals surface area contributed by atoms with Gasteiger partial charge in [-0.25, -0.2) is 0 Å². The Balaban J connectivity index is 1.78. The van der Waals surface area contributed by atoms with E-state index in [0.717, 1.165) is 6.54 Å². The van der Waals surface area contributed by atoms with E-state index < -0.39 is 0 Å².